The van der Waals surface area contributed by atoms with E-state index in [4.69, 9.17) is 10.8 Å². The molecule has 0 aliphatic carbocycles. The van der Waals surface area contributed by atoms with Crippen LogP contribution < -0.4 is 10.1 Å². The van der Waals surface area contributed by atoms with Gasteiger partial charge in [0, 0.05) is 13.1 Å². The maximum atomic E-state index is 15.3. The van der Waals surface area contributed by atoms with Crippen LogP contribution in [0.5, 0.6) is 5.88 Å². The molecule has 10 nitrogen and oxygen atoms in total. The minimum atomic E-state index is -2.63. The Morgan fingerprint density at radius 3 is 2.86 bits per heavy atom. The molecule has 0 spiro atoms. The predicted molar refractivity (Wildman–Crippen MR) is 125 cm³/mol. The predicted octanol–water partition coefficient (Wildman–Crippen LogP) is 2.78. The standard InChI is InChI=1S/C23H24F4N8O2/c1-36-22-21-20(12-2-3-17-18(6-12)34(32-30-17)9-19(26)27)15(25)8-35(21)31-23(29-22)28-16-4-5-33(7-14(16)24)13-10-37-11-13/h2-3,6,8,13-14,16,19H,4-5,7,9-11H2,1H3,(H,28,31)/t14-,16-/m1/s1/i13D. The molecule has 2 fully saturated rings. The lowest BCUT2D eigenvalue weighted by molar-refractivity contribution is -0.0794. The zero-order valence-electron chi connectivity index (χ0n) is 20.7. The summed E-state index contributed by atoms with van der Waals surface area (Å²) in [7, 11) is 1.37. The van der Waals surface area contributed by atoms with E-state index < -0.39 is 37.0 Å². The first-order chi connectivity index (χ1) is 18.3. The number of nitrogens with zero attached hydrogens (tertiary/aromatic N) is 7. The fourth-order valence-electron chi connectivity index (χ4n) is 4.78. The van der Waals surface area contributed by atoms with Crippen LogP contribution in [0.1, 0.15) is 7.79 Å². The van der Waals surface area contributed by atoms with Gasteiger partial charge in [-0.3, -0.25) is 4.90 Å². The minimum Gasteiger partial charge on any atom is -0.479 e. The summed E-state index contributed by atoms with van der Waals surface area (Å²) >= 11 is 0. The maximum absolute atomic E-state index is 15.3. The Labute approximate surface area is 209 Å². The second-order valence-electron chi connectivity index (χ2n) is 9.02. The van der Waals surface area contributed by atoms with E-state index in [0.717, 1.165) is 10.9 Å². The summed E-state index contributed by atoms with van der Waals surface area (Å²) in [6.07, 6.45) is -2.36. The Morgan fingerprint density at radius 2 is 2.16 bits per heavy atom. The van der Waals surface area contributed by atoms with Gasteiger partial charge in [-0.25, -0.2) is 26.8 Å². The topological polar surface area (TPSA) is 94.6 Å². The van der Waals surface area contributed by atoms with Gasteiger partial charge in [0.2, 0.25) is 11.8 Å². The molecule has 196 valence electrons. The van der Waals surface area contributed by atoms with E-state index >= 15 is 8.78 Å². The number of piperidine rings is 1. The number of methoxy groups -OCH3 is 1. The summed E-state index contributed by atoms with van der Waals surface area (Å²) in [5.74, 6) is -0.536. The number of hydrogen-bond donors (Lipinski definition) is 1. The largest absolute Gasteiger partial charge is 0.479 e. The quantitative estimate of drug-likeness (QED) is 0.371. The van der Waals surface area contributed by atoms with E-state index in [9.17, 15) is 8.78 Å². The monoisotopic (exact) mass is 521 g/mol. The molecule has 0 amide bonds. The molecule has 0 saturated carbocycles. The fraction of sp³-hybridized carbons (Fsp3) is 0.478. The number of anilines is 1. The first kappa shape index (κ1) is 22.7. The third kappa shape index (κ3) is 4.33. The molecule has 0 unspecified atom stereocenters. The molecule has 2 saturated heterocycles. The highest BCUT2D eigenvalue weighted by Crippen LogP contribution is 2.35. The number of fused-ring (bicyclic) bond motifs is 2. The molecule has 0 radical (unpaired) electrons. The highest BCUT2D eigenvalue weighted by atomic mass is 19.3. The molecule has 3 aromatic heterocycles. The zero-order chi connectivity index (χ0) is 26.6. The lowest BCUT2D eigenvalue weighted by atomic mass is 10.0. The van der Waals surface area contributed by atoms with E-state index in [-0.39, 0.29) is 42.7 Å². The van der Waals surface area contributed by atoms with Crippen molar-refractivity contribution in [2.45, 2.75) is 37.6 Å². The minimum absolute atomic E-state index is 0.0466. The van der Waals surface area contributed by atoms with Crippen LogP contribution in [0.15, 0.2) is 24.4 Å². The van der Waals surface area contributed by atoms with Gasteiger partial charge in [0.05, 0.1) is 51.0 Å². The van der Waals surface area contributed by atoms with Crippen molar-refractivity contribution >= 4 is 22.5 Å². The van der Waals surface area contributed by atoms with Crippen LogP contribution in [-0.4, -0.2) is 92.6 Å². The van der Waals surface area contributed by atoms with Gasteiger partial charge in [0.15, 0.2) is 5.82 Å². The number of alkyl halides is 3. The first-order valence-electron chi connectivity index (χ1n) is 12.2. The first-order valence-corrected chi connectivity index (χ1v) is 11.7. The molecule has 0 bridgehead atoms. The van der Waals surface area contributed by atoms with Gasteiger partial charge in [-0.05, 0) is 24.1 Å². The maximum Gasteiger partial charge on any atom is 0.258 e. The number of likely N-dealkylation sites (tertiary alicyclic amines) is 1. The number of benzene rings is 1. The second kappa shape index (κ2) is 9.41. The molecular weight excluding hydrogens is 496 g/mol. The molecule has 37 heavy (non-hydrogen) atoms. The van der Waals surface area contributed by atoms with Crippen LogP contribution in [0, 0.1) is 5.82 Å². The molecule has 1 aromatic carbocycles. The highest BCUT2D eigenvalue weighted by molar-refractivity contribution is 5.89. The van der Waals surface area contributed by atoms with Gasteiger partial charge in [-0.15, -0.1) is 10.2 Å². The van der Waals surface area contributed by atoms with Crippen LogP contribution in [0.25, 0.3) is 27.7 Å². The Balaban J connectivity index is 1.31. The molecule has 6 rings (SSSR count). The van der Waals surface area contributed by atoms with Crippen molar-refractivity contribution in [1.29, 1.82) is 0 Å². The molecule has 2 atom stereocenters. The number of halogens is 4. The third-order valence-electron chi connectivity index (χ3n) is 6.70. The van der Waals surface area contributed by atoms with Crippen LogP contribution in [0.2, 0.25) is 0 Å². The molecular formula is C23H24F4N8O2. The fourth-order valence-corrected chi connectivity index (χ4v) is 4.78. The second-order valence-corrected chi connectivity index (χ2v) is 9.02. The third-order valence-corrected chi connectivity index (χ3v) is 6.70. The zero-order valence-corrected chi connectivity index (χ0v) is 19.7. The van der Waals surface area contributed by atoms with E-state index in [1.165, 1.54) is 17.7 Å². The van der Waals surface area contributed by atoms with Crippen LogP contribution in [-0.2, 0) is 11.3 Å². The molecule has 14 heteroatoms. The summed E-state index contributed by atoms with van der Waals surface area (Å²) in [5, 5.41) is 15.0. The summed E-state index contributed by atoms with van der Waals surface area (Å²) in [4.78, 5) is 6.13. The lowest BCUT2D eigenvalue weighted by Crippen LogP contribution is -2.57. The summed E-state index contributed by atoms with van der Waals surface area (Å²) in [6.45, 7) is 0.450. The molecule has 1 N–H and O–H groups in total. The number of hydrogen-bond acceptors (Lipinski definition) is 8. The van der Waals surface area contributed by atoms with Crippen LogP contribution in [0.3, 0.4) is 0 Å². The van der Waals surface area contributed by atoms with Crippen LogP contribution >= 0.6 is 0 Å². The summed E-state index contributed by atoms with van der Waals surface area (Å²) in [6, 6.07) is 3.19. The van der Waals surface area contributed by atoms with Gasteiger partial charge >= 0.3 is 0 Å². The summed E-state index contributed by atoms with van der Waals surface area (Å²) in [5.41, 5.74) is 1.41. The van der Waals surface area contributed by atoms with E-state index in [1.54, 1.807) is 17.0 Å². The van der Waals surface area contributed by atoms with Crippen molar-refractivity contribution in [1.82, 2.24) is 34.5 Å². The number of aromatic nitrogens is 6. The van der Waals surface area contributed by atoms with Gasteiger partial charge in [0.1, 0.15) is 23.7 Å². The van der Waals surface area contributed by atoms with Crippen molar-refractivity contribution < 1.29 is 28.4 Å². The van der Waals surface area contributed by atoms with Gasteiger partial charge in [-0.2, -0.15) is 4.98 Å². The Kier molecular flexibility index (Phi) is 5.76. The molecule has 4 aromatic rings. The smallest absolute Gasteiger partial charge is 0.258 e. The SMILES string of the molecule is [2H]C1(N2CC[C@@H](Nc3nc(OC)c4c(-c5ccc6nnn(CC(F)F)c6c5)c(F)cn4n3)[C@H](F)C2)COC1. The molecule has 5 heterocycles. The average Bonchev–Trinajstić information content (AvgIpc) is 3.42. The Bertz CT molecular complexity index is 1490. The van der Waals surface area contributed by atoms with Gasteiger partial charge < -0.3 is 14.8 Å². The highest BCUT2D eigenvalue weighted by Gasteiger charge is 2.36. The van der Waals surface area contributed by atoms with E-state index in [1.807, 2.05) is 0 Å². The van der Waals surface area contributed by atoms with Gasteiger partial charge in [-0.1, -0.05) is 11.3 Å². The average molecular weight is 521 g/mol. The molecule has 2 aliphatic rings. The van der Waals surface area contributed by atoms with Crippen LogP contribution in [0.4, 0.5) is 23.5 Å². The van der Waals surface area contributed by atoms with Crippen molar-refractivity contribution in [3.63, 3.8) is 0 Å². The molecule has 2 aliphatic heterocycles. The lowest BCUT2D eigenvalue weighted by Gasteiger charge is -2.42. The van der Waals surface area contributed by atoms with Crippen molar-refractivity contribution in [3.05, 3.63) is 30.2 Å². The Hall–Kier alpha value is -3.52. The van der Waals surface area contributed by atoms with Gasteiger partial charge in [0.25, 0.3) is 6.43 Å². The van der Waals surface area contributed by atoms with E-state index in [0.29, 0.717) is 29.6 Å². The summed E-state index contributed by atoms with van der Waals surface area (Å²) < 4.78 is 77.5. The number of ether oxygens (including phenoxy) is 2. The van der Waals surface area contributed by atoms with E-state index in [2.05, 4.69) is 25.7 Å². The van der Waals surface area contributed by atoms with Crippen molar-refractivity contribution in [3.8, 4) is 17.0 Å². The normalized spacial score (nSPS) is 22.4. The Morgan fingerprint density at radius 1 is 1.32 bits per heavy atom. The van der Waals surface area contributed by atoms with Crippen molar-refractivity contribution in [2.75, 3.05) is 38.7 Å². The number of rotatable bonds is 7. The van der Waals surface area contributed by atoms with Crippen molar-refractivity contribution in [2.24, 2.45) is 0 Å². The number of nitrogens with one attached hydrogen (secondary N) is 1.